The van der Waals surface area contributed by atoms with Gasteiger partial charge in [0.05, 0.1) is 16.6 Å². The monoisotopic (exact) mass is 461 g/mol. The number of rotatable bonds is 2. The number of para-hydroxylation sites is 4. The van der Waals surface area contributed by atoms with Crippen molar-refractivity contribution in [3.63, 3.8) is 0 Å². The fourth-order valence-electron chi connectivity index (χ4n) is 5.29. The summed E-state index contributed by atoms with van der Waals surface area (Å²) in [5.41, 5.74) is 9.19. The summed E-state index contributed by atoms with van der Waals surface area (Å²) in [5.74, 6) is 0.638. The molecule has 0 radical (unpaired) electrons. The Morgan fingerprint density at radius 3 is 2.06 bits per heavy atom. The van der Waals surface area contributed by atoms with Crippen LogP contribution in [0.3, 0.4) is 0 Å². The molecule has 0 N–H and O–H groups in total. The predicted octanol–water partition coefficient (Wildman–Crippen LogP) is 8.27. The molecular weight excluding hydrogens is 442 g/mol. The molecule has 0 aliphatic carbocycles. The van der Waals surface area contributed by atoms with E-state index in [-0.39, 0.29) is 0 Å². The summed E-state index contributed by atoms with van der Waals surface area (Å²) in [6.07, 6.45) is 0. The van der Waals surface area contributed by atoms with Crippen molar-refractivity contribution in [2.24, 2.45) is 0 Å². The van der Waals surface area contributed by atoms with Crippen LogP contribution in [0.25, 0.3) is 72.0 Å². The van der Waals surface area contributed by atoms with Gasteiger partial charge in [0, 0.05) is 16.3 Å². The van der Waals surface area contributed by atoms with E-state index in [4.69, 9.17) is 9.40 Å². The summed E-state index contributed by atoms with van der Waals surface area (Å²) in [6, 6.07) is 39.9. The Bertz CT molecular complexity index is 2070. The lowest BCUT2D eigenvalue weighted by Crippen LogP contribution is -1.92. The Kier molecular flexibility index (Phi) is 3.91. The minimum Gasteiger partial charge on any atom is -0.436 e. The van der Waals surface area contributed by atoms with Gasteiger partial charge in [0.15, 0.2) is 5.58 Å². The van der Waals surface area contributed by atoms with Crippen LogP contribution in [0.15, 0.2) is 120 Å². The smallest absolute Gasteiger partial charge is 0.227 e. The van der Waals surface area contributed by atoms with Gasteiger partial charge in [-0.3, -0.25) is 4.40 Å². The van der Waals surface area contributed by atoms with E-state index in [1.54, 1.807) is 0 Å². The molecule has 0 amide bonds. The zero-order chi connectivity index (χ0) is 23.6. The highest BCUT2D eigenvalue weighted by Gasteiger charge is 2.14. The summed E-state index contributed by atoms with van der Waals surface area (Å²) in [6.45, 7) is 0. The van der Waals surface area contributed by atoms with Crippen molar-refractivity contribution in [1.29, 1.82) is 0 Å². The zero-order valence-corrected chi connectivity index (χ0v) is 19.2. The van der Waals surface area contributed by atoms with Crippen molar-refractivity contribution >= 4 is 49.5 Å². The molecule has 36 heavy (non-hydrogen) atoms. The fourth-order valence-corrected chi connectivity index (χ4v) is 5.29. The molecule has 0 fully saturated rings. The van der Waals surface area contributed by atoms with Crippen molar-refractivity contribution in [3.05, 3.63) is 115 Å². The van der Waals surface area contributed by atoms with Gasteiger partial charge in [-0.15, -0.1) is 0 Å². The van der Waals surface area contributed by atoms with Crippen molar-refractivity contribution in [2.75, 3.05) is 0 Å². The lowest BCUT2D eigenvalue weighted by Gasteiger charge is -2.11. The van der Waals surface area contributed by atoms with Crippen LogP contribution in [-0.4, -0.2) is 14.4 Å². The highest BCUT2D eigenvalue weighted by molar-refractivity contribution is 6.14. The van der Waals surface area contributed by atoms with Gasteiger partial charge in [0.25, 0.3) is 0 Å². The normalized spacial score (nSPS) is 11.9. The summed E-state index contributed by atoms with van der Waals surface area (Å²) < 4.78 is 8.25. The minimum absolute atomic E-state index is 0.638. The second kappa shape index (κ2) is 7.27. The van der Waals surface area contributed by atoms with Gasteiger partial charge in [0.2, 0.25) is 5.89 Å². The van der Waals surface area contributed by atoms with Crippen molar-refractivity contribution < 1.29 is 4.42 Å². The first-order valence-electron chi connectivity index (χ1n) is 12.0. The molecule has 0 aliphatic rings. The molecule has 0 saturated carbocycles. The van der Waals surface area contributed by atoms with Crippen LogP contribution in [0.4, 0.5) is 0 Å². The lowest BCUT2D eigenvalue weighted by atomic mass is 9.99. The molecule has 0 atom stereocenters. The van der Waals surface area contributed by atoms with Gasteiger partial charge in [-0.1, -0.05) is 72.8 Å². The van der Waals surface area contributed by atoms with E-state index in [0.717, 1.165) is 55.4 Å². The van der Waals surface area contributed by atoms with Gasteiger partial charge in [-0.25, -0.2) is 9.97 Å². The molecule has 4 heteroatoms. The average Bonchev–Trinajstić information content (AvgIpc) is 3.55. The van der Waals surface area contributed by atoms with Crippen molar-refractivity contribution in [1.82, 2.24) is 14.4 Å². The molecule has 8 rings (SSSR count). The molecule has 4 nitrogen and oxygen atoms in total. The van der Waals surface area contributed by atoms with Crippen LogP contribution in [0.1, 0.15) is 0 Å². The zero-order valence-electron chi connectivity index (χ0n) is 19.2. The van der Waals surface area contributed by atoms with Crippen molar-refractivity contribution in [2.45, 2.75) is 0 Å². The van der Waals surface area contributed by atoms with Gasteiger partial charge in [0.1, 0.15) is 11.2 Å². The minimum atomic E-state index is 0.638. The first kappa shape index (κ1) is 19.4. The van der Waals surface area contributed by atoms with Crippen LogP contribution in [0.5, 0.6) is 0 Å². The number of aromatic nitrogens is 3. The molecule has 0 spiro atoms. The Morgan fingerprint density at radius 2 is 1.19 bits per heavy atom. The maximum Gasteiger partial charge on any atom is 0.227 e. The molecule has 0 unspecified atom stereocenters. The fraction of sp³-hybridized carbons (Fsp3) is 0. The largest absolute Gasteiger partial charge is 0.436 e. The molecule has 0 bridgehead atoms. The molecule has 0 aliphatic heterocycles. The third-order valence-corrected chi connectivity index (χ3v) is 7.02. The SMILES string of the molecule is c1ccc2oc(-c3ccc(-c4ccc5c6ccccc6c6nc7ccccc7n6c5c4)cc3)nc2c1. The van der Waals surface area contributed by atoms with E-state index in [1.807, 2.05) is 30.3 Å². The highest BCUT2D eigenvalue weighted by Crippen LogP contribution is 2.35. The topological polar surface area (TPSA) is 43.3 Å². The molecule has 8 aromatic rings. The second-order valence-corrected chi connectivity index (χ2v) is 9.10. The van der Waals surface area contributed by atoms with Crippen LogP contribution in [0, 0.1) is 0 Å². The first-order chi connectivity index (χ1) is 17.8. The third-order valence-electron chi connectivity index (χ3n) is 7.02. The van der Waals surface area contributed by atoms with Gasteiger partial charge in [-0.2, -0.15) is 0 Å². The molecule has 168 valence electrons. The van der Waals surface area contributed by atoms with Gasteiger partial charge >= 0.3 is 0 Å². The Labute approximate surface area is 206 Å². The summed E-state index contributed by atoms with van der Waals surface area (Å²) in [7, 11) is 0. The van der Waals surface area contributed by atoms with Crippen LogP contribution in [-0.2, 0) is 0 Å². The van der Waals surface area contributed by atoms with Crippen LogP contribution in [0.2, 0.25) is 0 Å². The first-order valence-corrected chi connectivity index (χ1v) is 12.0. The Hall–Kier alpha value is -4.96. The molecule has 3 heterocycles. The van der Waals surface area contributed by atoms with Crippen molar-refractivity contribution in [3.8, 4) is 22.6 Å². The number of hydrogen-bond donors (Lipinski definition) is 0. The molecule has 0 saturated heterocycles. The third kappa shape index (κ3) is 2.75. The molecule has 3 aromatic heterocycles. The number of imidazole rings is 1. The average molecular weight is 462 g/mol. The maximum atomic E-state index is 5.96. The number of oxazole rings is 1. The van der Waals surface area contributed by atoms with Crippen LogP contribution < -0.4 is 0 Å². The van der Waals surface area contributed by atoms with E-state index < -0.39 is 0 Å². The number of fused-ring (bicyclic) bond motifs is 9. The van der Waals surface area contributed by atoms with Gasteiger partial charge < -0.3 is 4.42 Å². The Balaban J connectivity index is 1.33. The number of pyridine rings is 1. The summed E-state index contributed by atoms with van der Waals surface area (Å²) >= 11 is 0. The van der Waals surface area contributed by atoms with E-state index >= 15 is 0 Å². The lowest BCUT2D eigenvalue weighted by molar-refractivity contribution is 0.620. The number of hydrogen-bond acceptors (Lipinski definition) is 3. The number of benzene rings is 5. The highest BCUT2D eigenvalue weighted by atomic mass is 16.3. The van der Waals surface area contributed by atoms with Crippen LogP contribution >= 0.6 is 0 Å². The quantitative estimate of drug-likeness (QED) is 0.243. The maximum absolute atomic E-state index is 5.96. The molecule has 5 aromatic carbocycles. The van der Waals surface area contributed by atoms with E-state index in [1.165, 1.54) is 10.8 Å². The molecular formula is C32H19N3O. The summed E-state index contributed by atoms with van der Waals surface area (Å²) in [5, 5.41) is 3.60. The predicted molar refractivity (Wildman–Crippen MR) is 146 cm³/mol. The Morgan fingerprint density at radius 1 is 0.500 bits per heavy atom. The van der Waals surface area contributed by atoms with Gasteiger partial charge in [-0.05, 0) is 59.0 Å². The van der Waals surface area contributed by atoms with E-state index in [9.17, 15) is 0 Å². The van der Waals surface area contributed by atoms with E-state index in [0.29, 0.717) is 5.89 Å². The summed E-state index contributed by atoms with van der Waals surface area (Å²) in [4.78, 5) is 9.64. The van der Waals surface area contributed by atoms with E-state index in [2.05, 4.69) is 94.3 Å². The second-order valence-electron chi connectivity index (χ2n) is 9.10. The number of nitrogens with zero attached hydrogens (tertiary/aromatic N) is 3. The standard InChI is InChI=1S/C32H19N3O/c1-2-8-25-23(7-1)24-18-17-22(19-29(24)35-28-11-5-3-9-26(28)33-31(25)35)20-13-15-21(16-14-20)32-34-27-10-4-6-12-30(27)36-32/h1-19H.